The molecule has 0 heterocycles. The summed E-state index contributed by atoms with van der Waals surface area (Å²) in [6, 6.07) is 12.9. The minimum atomic E-state index is -3.90. The predicted molar refractivity (Wildman–Crippen MR) is 113 cm³/mol. The maximum atomic E-state index is 13.2. The Bertz CT molecular complexity index is 882. The highest BCUT2D eigenvalue weighted by molar-refractivity contribution is 7.92. The molecule has 0 unspecified atom stereocenters. The van der Waals surface area contributed by atoms with E-state index in [4.69, 9.17) is 11.6 Å². The number of rotatable bonds is 9. The Morgan fingerprint density at radius 2 is 1.64 bits per heavy atom. The third-order valence-corrected chi connectivity index (χ3v) is 6.16. The number of nitrogens with one attached hydrogen (secondary N) is 1. The van der Waals surface area contributed by atoms with E-state index < -0.39 is 10.0 Å². The molecule has 0 bridgehead atoms. The molecule has 2 aromatic carbocycles. The van der Waals surface area contributed by atoms with Crippen LogP contribution in [-0.2, 0) is 14.8 Å². The van der Waals surface area contributed by atoms with Crippen molar-refractivity contribution in [3.63, 3.8) is 0 Å². The van der Waals surface area contributed by atoms with Crippen molar-refractivity contribution < 1.29 is 13.2 Å². The van der Waals surface area contributed by atoms with Gasteiger partial charge in [-0.3, -0.25) is 9.10 Å². The van der Waals surface area contributed by atoms with Gasteiger partial charge in [-0.05, 0) is 70.4 Å². The molecule has 2 aromatic rings. The maximum Gasteiger partial charge on any atom is 0.264 e. The number of aryl methyl sites for hydroxylation is 1. The predicted octanol–water partition coefficient (Wildman–Crippen LogP) is 2.91. The van der Waals surface area contributed by atoms with Crippen LogP contribution >= 0.6 is 11.6 Å². The van der Waals surface area contributed by atoms with Crippen molar-refractivity contribution in [1.82, 2.24) is 10.2 Å². The molecule has 0 radical (unpaired) electrons. The Hall–Kier alpha value is -2.09. The number of halogens is 1. The topological polar surface area (TPSA) is 69.7 Å². The van der Waals surface area contributed by atoms with Gasteiger partial charge in [0.15, 0.2) is 0 Å². The lowest BCUT2D eigenvalue weighted by atomic mass is 10.2. The number of benzene rings is 2. The summed E-state index contributed by atoms with van der Waals surface area (Å²) < 4.78 is 27.5. The molecule has 1 amide bonds. The van der Waals surface area contributed by atoms with Crippen LogP contribution in [0.25, 0.3) is 0 Å². The molecule has 28 heavy (non-hydrogen) atoms. The largest absolute Gasteiger partial charge is 0.354 e. The van der Waals surface area contributed by atoms with E-state index in [2.05, 4.69) is 5.32 Å². The highest BCUT2D eigenvalue weighted by Crippen LogP contribution is 2.25. The SMILES string of the molecule is Cc1ccc(S(=O)(=O)N(CC(=O)NCCCN(C)C)c2ccc(Cl)cc2)cc1. The summed E-state index contributed by atoms with van der Waals surface area (Å²) >= 11 is 5.93. The molecule has 0 spiro atoms. The third kappa shape index (κ3) is 6.22. The standard InChI is InChI=1S/C20H26ClN3O3S/c1-16-5-11-19(12-6-16)28(26,27)24(18-9-7-17(21)8-10-18)15-20(25)22-13-4-14-23(2)3/h5-12H,4,13-15H2,1-3H3,(H,22,25). The monoisotopic (exact) mass is 423 g/mol. The molecule has 2 rings (SSSR count). The Morgan fingerprint density at radius 1 is 1.04 bits per heavy atom. The minimum absolute atomic E-state index is 0.133. The van der Waals surface area contributed by atoms with Gasteiger partial charge in [-0.15, -0.1) is 0 Å². The molecule has 6 nitrogen and oxygen atoms in total. The van der Waals surface area contributed by atoms with Crippen molar-refractivity contribution in [3.8, 4) is 0 Å². The number of anilines is 1. The normalized spacial score (nSPS) is 11.5. The second-order valence-corrected chi connectivity index (χ2v) is 9.11. The average molecular weight is 424 g/mol. The number of nitrogens with zero attached hydrogens (tertiary/aromatic N) is 2. The van der Waals surface area contributed by atoms with E-state index in [0.717, 1.165) is 22.8 Å². The molecular weight excluding hydrogens is 398 g/mol. The van der Waals surface area contributed by atoms with E-state index >= 15 is 0 Å². The molecule has 0 saturated carbocycles. The van der Waals surface area contributed by atoms with Crippen LogP contribution in [0.15, 0.2) is 53.4 Å². The number of hydrogen-bond acceptors (Lipinski definition) is 4. The molecule has 0 aromatic heterocycles. The van der Waals surface area contributed by atoms with E-state index in [-0.39, 0.29) is 17.3 Å². The van der Waals surface area contributed by atoms with Crippen LogP contribution in [0.4, 0.5) is 5.69 Å². The Balaban J connectivity index is 2.23. The summed E-state index contributed by atoms with van der Waals surface area (Å²) in [4.78, 5) is 14.6. The highest BCUT2D eigenvalue weighted by atomic mass is 35.5. The summed E-state index contributed by atoms with van der Waals surface area (Å²) in [6.07, 6.45) is 0.782. The van der Waals surface area contributed by atoms with Crippen molar-refractivity contribution >= 4 is 33.2 Å². The van der Waals surface area contributed by atoms with Crippen LogP contribution in [-0.4, -0.2) is 53.0 Å². The summed E-state index contributed by atoms with van der Waals surface area (Å²) in [5.41, 5.74) is 1.34. The number of carbonyl (C=O) groups excluding carboxylic acids is 1. The highest BCUT2D eigenvalue weighted by Gasteiger charge is 2.27. The van der Waals surface area contributed by atoms with E-state index in [1.165, 1.54) is 0 Å². The minimum Gasteiger partial charge on any atom is -0.354 e. The second-order valence-electron chi connectivity index (χ2n) is 6.81. The van der Waals surface area contributed by atoms with Gasteiger partial charge in [-0.2, -0.15) is 0 Å². The van der Waals surface area contributed by atoms with E-state index in [1.807, 2.05) is 25.9 Å². The van der Waals surface area contributed by atoms with Gasteiger partial charge in [0.25, 0.3) is 10.0 Å². The molecule has 1 N–H and O–H groups in total. The number of sulfonamides is 1. The van der Waals surface area contributed by atoms with Crippen molar-refractivity contribution in [1.29, 1.82) is 0 Å². The zero-order valence-corrected chi connectivity index (χ0v) is 17.9. The first-order valence-corrected chi connectivity index (χ1v) is 10.8. The lowest BCUT2D eigenvalue weighted by Crippen LogP contribution is -2.41. The summed E-state index contributed by atoms with van der Waals surface area (Å²) in [5, 5.41) is 3.27. The zero-order chi connectivity index (χ0) is 20.7. The van der Waals surface area contributed by atoms with Crippen LogP contribution in [0.5, 0.6) is 0 Å². The van der Waals surface area contributed by atoms with E-state index in [1.54, 1.807) is 48.5 Å². The number of amides is 1. The molecule has 0 atom stereocenters. The number of hydrogen-bond donors (Lipinski definition) is 1. The van der Waals surface area contributed by atoms with Gasteiger partial charge in [0, 0.05) is 11.6 Å². The van der Waals surface area contributed by atoms with E-state index in [0.29, 0.717) is 17.3 Å². The van der Waals surface area contributed by atoms with Gasteiger partial charge in [0.1, 0.15) is 6.54 Å². The van der Waals surface area contributed by atoms with Crippen LogP contribution < -0.4 is 9.62 Å². The lowest BCUT2D eigenvalue weighted by molar-refractivity contribution is -0.119. The van der Waals surface area contributed by atoms with Crippen LogP contribution in [0.1, 0.15) is 12.0 Å². The molecule has 8 heteroatoms. The summed E-state index contributed by atoms with van der Waals surface area (Å²) in [5.74, 6) is -0.357. The molecule has 0 aliphatic heterocycles. The van der Waals surface area contributed by atoms with Crippen LogP contribution in [0.2, 0.25) is 5.02 Å². The van der Waals surface area contributed by atoms with Crippen molar-refractivity contribution in [2.24, 2.45) is 0 Å². The van der Waals surface area contributed by atoms with Gasteiger partial charge < -0.3 is 10.2 Å². The molecule has 0 fully saturated rings. The Labute approximate surface area is 172 Å². The molecular formula is C20H26ClN3O3S. The lowest BCUT2D eigenvalue weighted by Gasteiger charge is -2.24. The fourth-order valence-corrected chi connectivity index (χ4v) is 4.12. The Kier molecular flexibility index (Phi) is 7.86. The van der Waals surface area contributed by atoms with Gasteiger partial charge in [-0.25, -0.2) is 8.42 Å². The van der Waals surface area contributed by atoms with Crippen molar-refractivity contribution in [2.75, 3.05) is 38.0 Å². The Morgan fingerprint density at radius 3 is 2.21 bits per heavy atom. The zero-order valence-electron chi connectivity index (χ0n) is 16.4. The average Bonchev–Trinajstić information content (AvgIpc) is 2.64. The van der Waals surface area contributed by atoms with Gasteiger partial charge in [-0.1, -0.05) is 29.3 Å². The van der Waals surface area contributed by atoms with Crippen LogP contribution in [0, 0.1) is 6.92 Å². The summed E-state index contributed by atoms with van der Waals surface area (Å²) in [7, 11) is 0.0115. The van der Waals surface area contributed by atoms with Crippen molar-refractivity contribution in [3.05, 3.63) is 59.1 Å². The van der Waals surface area contributed by atoms with Gasteiger partial charge in [0.2, 0.25) is 5.91 Å². The first-order valence-electron chi connectivity index (χ1n) is 8.96. The fourth-order valence-electron chi connectivity index (χ4n) is 2.57. The van der Waals surface area contributed by atoms with Crippen molar-refractivity contribution in [2.45, 2.75) is 18.2 Å². The number of carbonyl (C=O) groups is 1. The molecule has 0 saturated heterocycles. The maximum absolute atomic E-state index is 13.2. The fraction of sp³-hybridized carbons (Fsp3) is 0.350. The summed E-state index contributed by atoms with van der Waals surface area (Å²) in [6.45, 7) is 2.90. The second kappa shape index (κ2) is 9.91. The van der Waals surface area contributed by atoms with E-state index in [9.17, 15) is 13.2 Å². The van der Waals surface area contributed by atoms with Crippen LogP contribution in [0.3, 0.4) is 0 Å². The smallest absolute Gasteiger partial charge is 0.264 e. The molecule has 0 aliphatic carbocycles. The molecule has 0 aliphatic rings. The molecule has 152 valence electrons. The first-order chi connectivity index (χ1) is 13.2. The third-order valence-electron chi connectivity index (χ3n) is 4.12. The first kappa shape index (κ1) is 22.2. The van der Waals surface area contributed by atoms with Gasteiger partial charge >= 0.3 is 0 Å². The quantitative estimate of drug-likeness (QED) is 0.629. The van der Waals surface area contributed by atoms with Gasteiger partial charge in [0.05, 0.1) is 10.6 Å².